The molecule has 5 rings (SSSR count). The maximum absolute atomic E-state index is 6.11. The number of rotatable bonds is 8. The standard InChI is InChI=1S/C28H38O2P.C8H10N.Pd.Pr/c1-20-12-11-13-21(2)26(20)27-24(29-3)18-19-25(30-4)28(27)31(22-14-7-5-8-15-22)23-16-9-6-10-17-23;9-7-6-8-4-2-1-3-5-8;;/h12-13,18-19,22-23H,5-10,14-17H2,1-4H3;1-4H,6-7,9H2;;/q2*-1;;/p+1. The van der Waals surface area contributed by atoms with Crippen LogP contribution >= 0.6 is 7.92 Å². The van der Waals surface area contributed by atoms with Gasteiger partial charge in [-0.3, -0.25) is 0 Å². The molecule has 1 radical (unpaired) electrons. The molecule has 0 saturated heterocycles. The van der Waals surface area contributed by atoms with E-state index in [1.807, 2.05) is 38.5 Å². The van der Waals surface area contributed by atoms with Crippen molar-refractivity contribution in [2.24, 2.45) is 5.73 Å². The van der Waals surface area contributed by atoms with E-state index >= 15 is 0 Å². The fourth-order valence-corrected chi connectivity index (χ4v) is 11.4. The Balaban J connectivity index is 0.000000482. The SMILES string of the molecule is COc1ccc(OC)c([PH+](C2CCCCC2)C2CCCCC2)c1-c1c(C)c[c-]cc1C.NCCc1[c-]cccc1.[Pd].[Pr]. The summed E-state index contributed by atoms with van der Waals surface area (Å²) < 4.78 is 12.1. The van der Waals surface area contributed by atoms with Crippen molar-refractivity contribution in [1.29, 1.82) is 0 Å². The molecular weight excluding hydrogens is 757 g/mol. The van der Waals surface area contributed by atoms with Crippen LogP contribution in [0.3, 0.4) is 0 Å². The fraction of sp³-hybridized carbons (Fsp3) is 0.500. The van der Waals surface area contributed by atoms with Gasteiger partial charge in [-0.2, -0.15) is 65.2 Å². The normalized spacial score (nSPS) is 15.6. The van der Waals surface area contributed by atoms with Gasteiger partial charge in [-0.15, -0.1) is 5.56 Å². The van der Waals surface area contributed by atoms with E-state index in [1.54, 1.807) is 0 Å². The van der Waals surface area contributed by atoms with Gasteiger partial charge in [0.05, 0.1) is 25.5 Å². The van der Waals surface area contributed by atoms with Crippen LogP contribution in [-0.4, -0.2) is 32.1 Å². The molecule has 0 heterocycles. The minimum absolute atomic E-state index is 0. The van der Waals surface area contributed by atoms with Gasteiger partial charge in [0.15, 0.2) is 5.75 Å². The summed E-state index contributed by atoms with van der Waals surface area (Å²) in [7, 11) is 2.86. The van der Waals surface area contributed by atoms with Crippen LogP contribution in [0, 0.1) is 67.3 Å². The van der Waals surface area contributed by atoms with E-state index < -0.39 is 7.92 Å². The van der Waals surface area contributed by atoms with Crippen molar-refractivity contribution < 1.29 is 71.2 Å². The smallest absolute Gasteiger partial charge is 0.161 e. The predicted molar refractivity (Wildman–Crippen MR) is 173 cm³/mol. The number of benzene rings is 3. The summed E-state index contributed by atoms with van der Waals surface area (Å²) in [5.74, 6) is 2.09. The Morgan fingerprint density at radius 1 is 0.786 bits per heavy atom. The quantitative estimate of drug-likeness (QED) is 0.142. The molecule has 0 aliphatic heterocycles. The Morgan fingerprint density at radius 3 is 1.81 bits per heavy atom. The third-order valence-corrected chi connectivity index (χ3v) is 12.8. The maximum Gasteiger partial charge on any atom is 0.161 e. The summed E-state index contributed by atoms with van der Waals surface area (Å²) in [5, 5.41) is 1.52. The van der Waals surface area contributed by atoms with Crippen LogP contribution in [0.1, 0.15) is 80.9 Å². The summed E-state index contributed by atoms with van der Waals surface area (Å²) in [6, 6.07) is 22.8. The average molecular weight is 806 g/mol. The molecule has 2 fully saturated rings. The Bertz CT molecular complexity index is 1160. The summed E-state index contributed by atoms with van der Waals surface area (Å²) in [6.45, 7) is 5.14. The van der Waals surface area contributed by atoms with Crippen molar-refractivity contribution in [3.05, 3.63) is 77.4 Å². The van der Waals surface area contributed by atoms with Crippen LogP contribution in [0.4, 0.5) is 0 Å². The van der Waals surface area contributed by atoms with E-state index in [2.05, 4.69) is 50.2 Å². The molecule has 229 valence electrons. The summed E-state index contributed by atoms with van der Waals surface area (Å²) in [5.41, 5.74) is 13.4. The first-order valence-corrected chi connectivity index (χ1v) is 17.0. The van der Waals surface area contributed by atoms with Crippen LogP contribution < -0.4 is 20.5 Å². The second kappa shape index (κ2) is 19.9. The molecule has 0 aromatic heterocycles. The Kier molecular flexibility index (Phi) is 18.0. The molecule has 0 bridgehead atoms. The van der Waals surface area contributed by atoms with Crippen LogP contribution in [0.25, 0.3) is 11.1 Å². The largest absolute Gasteiger partial charge is 0.496 e. The third-order valence-electron chi connectivity index (χ3n) is 8.77. The molecule has 2 aliphatic rings. The van der Waals surface area contributed by atoms with E-state index in [4.69, 9.17) is 15.2 Å². The van der Waals surface area contributed by atoms with Crippen molar-refractivity contribution in [1.82, 2.24) is 0 Å². The summed E-state index contributed by atoms with van der Waals surface area (Å²) in [4.78, 5) is 0. The Hall–Kier alpha value is -0.324. The molecule has 42 heavy (non-hydrogen) atoms. The number of hydrogen-bond acceptors (Lipinski definition) is 3. The Labute approximate surface area is 303 Å². The maximum atomic E-state index is 6.11. The Morgan fingerprint density at radius 2 is 1.33 bits per heavy atom. The first-order valence-electron chi connectivity index (χ1n) is 15.3. The number of hydrogen-bond donors (Lipinski definition) is 1. The van der Waals surface area contributed by atoms with Crippen molar-refractivity contribution in [2.75, 3.05) is 20.8 Å². The third kappa shape index (κ3) is 9.84. The zero-order chi connectivity index (χ0) is 28.3. The molecule has 2 aliphatic carbocycles. The average Bonchev–Trinajstić information content (AvgIpc) is 3.00. The van der Waals surface area contributed by atoms with Gasteiger partial charge in [0.25, 0.3) is 0 Å². The monoisotopic (exact) mass is 805 g/mol. The predicted octanol–water partition coefficient (Wildman–Crippen LogP) is 8.28. The van der Waals surface area contributed by atoms with Gasteiger partial charge in [0.1, 0.15) is 11.1 Å². The minimum Gasteiger partial charge on any atom is -0.496 e. The molecule has 6 heteroatoms. The second-order valence-electron chi connectivity index (χ2n) is 11.5. The van der Waals surface area contributed by atoms with Crippen LogP contribution in [-0.2, 0) is 26.8 Å². The zero-order valence-electron chi connectivity index (χ0n) is 26.0. The molecule has 0 atom stereocenters. The molecule has 3 aromatic rings. The van der Waals surface area contributed by atoms with E-state index in [-0.39, 0.29) is 61.7 Å². The second-order valence-corrected chi connectivity index (χ2v) is 14.5. The summed E-state index contributed by atoms with van der Waals surface area (Å²) in [6.07, 6.45) is 14.9. The van der Waals surface area contributed by atoms with Crippen molar-refractivity contribution >= 4 is 13.2 Å². The molecule has 0 amide bonds. The van der Waals surface area contributed by atoms with Crippen molar-refractivity contribution in [2.45, 2.75) is 95.8 Å². The van der Waals surface area contributed by atoms with Crippen LogP contribution in [0.2, 0.25) is 0 Å². The number of ether oxygens (including phenoxy) is 2. The van der Waals surface area contributed by atoms with Gasteiger partial charge in [0, 0.05) is 75.2 Å². The molecular formula is C36H49NO2PPdPr-. The van der Waals surface area contributed by atoms with E-state index in [9.17, 15) is 0 Å². The number of methoxy groups -OCH3 is 2. The molecule has 3 nitrogen and oxygen atoms in total. The van der Waals surface area contributed by atoms with Crippen LogP contribution in [0.5, 0.6) is 11.5 Å². The topological polar surface area (TPSA) is 44.5 Å². The van der Waals surface area contributed by atoms with E-state index in [0.29, 0.717) is 6.54 Å². The van der Waals surface area contributed by atoms with Gasteiger partial charge in [0.2, 0.25) is 0 Å². The fourth-order valence-electron chi connectivity index (χ4n) is 6.89. The van der Waals surface area contributed by atoms with Crippen LogP contribution in [0.15, 0.2) is 48.5 Å². The van der Waals surface area contributed by atoms with Crippen molar-refractivity contribution in [3.8, 4) is 22.6 Å². The van der Waals surface area contributed by atoms with Gasteiger partial charge in [-0.1, -0.05) is 26.7 Å². The minimum atomic E-state index is -0.822. The first-order chi connectivity index (χ1) is 19.6. The van der Waals surface area contributed by atoms with Gasteiger partial charge in [-0.05, 0) is 76.5 Å². The van der Waals surface area contributed by atoms with Gasteiger partial charge < -0.3 is 15.2 Å². The van der Waals surface area contributed by atoms with E-state index in [0.717, 1.165) is 29.2 Å². The van der Waals surface area contributed by atoms with Crippen molar-refractivity contribution in [3.63, 3.8) is 0 Å². The molecule has 2 N–H and O–H groups in total. The number of nitrogens with two attached hydrogens (primary N) is 1. The zero-order valence-corrected chi connectivity index (χ0v) is 32.3. The first kappa shape index (κ1) is 37.9. The van der Waals surface area contributed by atoms with E-state index in [1.165, 1.54) is 97.3 Å². The van der Waals surface area contributed by atoms with Gasteiger partial charge >= 0.3 is 0 Å². The molecule has 3 aromatic carbocycles. The molecule has 0 spiro atoms. The number of aryl methyl sites for hydroxylation is 2. The molecule has 2 saturated carbocycles. The summed E-state index contributed by atoms with van der Waals surface area (Å²) >= 11 is 0. The van der Waals surface area contributed by atoms with Gasteiger partial charge in [-0.25, -0.2) is 0 Å². The molecule has 0 unspecified atom stereocenters.